The first kappa shape index (κ1) is 23.4. The van der Waals surface area contributed by atoms with Gasteiger partial charge in [-0.15, -0.1) is 0 Å². The smallest absolute Gasteiger partial charge is 0.311 e. The lowest BCUT2D eigenvalue weighted by molar-refractivity contribution is -0.385. The van der Waals surface area contributed by atoms with Gasteiger partial charge in [0, 0.05) is 29.3 Å². The number of nitrogens with one attached hydrogen (secondary N) is 2. The van der Waals surface area contributed by atoms with Crippen LogP contribution < -0.4 is 10.7 Å². The topological polar surface area (TPSA) is 148 Å². The number of anilines is 1. The van der Waals surface area contributed by atoms with E-state index in [0.717, 1.165) is 10.6 Å². The van der Waals surface area contributed by atoms with Crippen LogP contribution in [0.2, 0.25) is 0 Å². The average Bonchev–Trinajstić information content (AvgIpc) is 3.14. The molecular weight excluding hydrogens is 432 g/mol. The molecule has 0 aliphatic carbocycles. The number of benzene rings is 2. The molecule has 1 atom stereocenters. The quantitative estimate of drug-likeness (QED) is 0.369. The zero-order valence-electron chi connectivity index (χ0n) is 18.0. The molecule has 0 radical (unpaired) electrons. The Kier molecular flexibility index (Phi) is 7.01. The van der Waals surface area contributed by atoms with Gasteiger partial charge in [-0.1, -0.05) is 23.8 Å². The van der Waals surface area contributed by atoms with Crippen molar-refractivity contribution in [2.45, 2.75) is 20.3 Å². The van der Waals surface area contributed by atoms with Gasteiger partial charge in [0.1, 0.15) is 0 Å². The minimum Gasteiger partial charge on any atom is -0.455 e. The number of esters is 1. The molecule has 1 aliphatic rings. The van der Waals surface area contributed by atoms with Crippen molar-refractivity contribution in [1.82, 2.24) is 10.4 Å². The van der Waals surface area contributed by atoms with Gasteiger partial charge in [0.05, 0.1) is 17.4 Å². The summed E-state index contributed by atoms with van der Waals surface area (Å²) in [6.07, 6.45) is -0.168. The maximum atomic E-state index is 12.3. The van der Waals surface area contributed by atoms with Gasteiger partial charge in [0.15, 0.2) is 6.61 Å². The highest BCUT2D eigenvalue weighted by Gasteiger charge is 2.36. The molecule has 3 amide bonds. The number of nitro benzene ring substituents is 1. The number of hydrazine groups is 1. The number of nitrogens with zero attached hydrogens (tertiary/aromatic N) is 2. The number of carbonyl (C=O) groups excluding carboxylic acids is 4. The molecule has 0 saturated carbocycles. The minimum atomic E-state index is -0.843. The molecule has 172 valence electrons. The number of carbonyl (C=O) groups is 4. The van der Waals surface area contributed by atoms with Gasteiger partial charge in [-0.3, -0.25) is 39.7 Å². The first-order valence-corrected chi connectivity index (χ1v) is 10.0. The van der Waals surface area contributed by atoms with Crippen molar-refractivity contribution in [3.8, 4) is 0 Å². The molecule has 11 nitrogen and oxygen atoms in total. The third kappa shape index (κ3) is 5.91. The van der Waals surface area contributed by atoms with Gasteiger partial charge >= 0.3 is 5.97 Å². The Morgan fingerprint density at radius 1 is 1.15 bits per heavy atom. The van der Waals surface area contributed by atoms with Gasteiger partial charge in [-0.05, 0) is 32.0 Å². The lowest BCUT2D eigenvalue weighted by Gasteiger charge is -2.17. The number of nitro groups is 1. The Balaban J connectivity index is 1.49. The van der Waals surface area contributed by atoms with Crippen molar-refractivity contribution in [3.63, 3.8) is 0 Å². The lowest BCUT2D eigenvalue weighted by atomic mass is 10.1. The van der Waals surface area contributed by atoms with Crippen LogP contribution in [0, 0.1) is 29.9 Å². The van der Waals surface area contributed by atoms with Crippen molar-refractivity contribution in [3.05, 3.63) is 69.3 Å². The lowest BCUT2D eigenvalue weighted by Crippen LogP contribution is -2.43. The average molecular weight is 454 g/mol. The molecule has 2 aromatic carbocycles. The predicted octanol–water partition coefficient (Wildman–Crippen LogP) is 1.89. The molecule has 1 fully saturated rings. The van der Waals surface area contributed by atoms with E-state index in [9.17, 15) is 29.3 Å². The van der Waals surface area contributed by atoms with E-state index in [2.05, 4.69) is 10.7 Å². The monoisotopic (exact) mass is 454 g/mol. The summed E-state index contributed by atoms with van der Waals surface area (Å²) in [5, 5.41) is 14.5. The molecule has 1 heterocycles. The first-order chi connectivity index (χ1) is 15.6. The third-order valence-electron chi connectivity index (χ3n) is 5.04. The van der Waals surface area contributed by atoms with Crippen LogP contribution in [0.25, 0.3) is 0 Å². The fraction of sp³-hybridized carbons (Fsp3) is 0.273. The second-order valence-electron chi connectivity index (χ2n) is 7.63. The van der Waals surface area contributed by atoms with Crippen LogP contribution in [0.4, 0.5) is 11.4 Å². The SMILES string of the molecule is Cc1ccc(C(=O)NN2C[C@@H](C(=O)OCC(=O)Nc3ccc(C)c([N+](=O)[O-])c3)CC2=O)cc1. The van der Waals surface area contributed by atoms with Crippen molar-refractivity contribution in [2.75, 3.05) is 18.5 Å². The van der Waals surface area contributed by atoms with Crippen LogP contribution in [0.3, 0.4) is 0 Å². The van der Waals surface area contributed by atoms with Crippen LogP contribution in [-0.4, -0.2) is 46.8 Å². The summed E-state index contributed by atoms with van der Waals surface area (Å²) in [7, 11) is 0. The summed E-state index contributed by atoms with van der Waals surface area (Å²) in [6.45, 7) is 2.75. The fourth-order valence-corrected chi connectivity index (χ4v) is 3.20. The fourth-order valence-electron chi connectivity index (χ4n) is 3.20. The van der Waals surface area contributed by atoms with Crippen LogP contribution >= 0.6 is 0 Å². The van der Waals surface area contributed by atoms with E-state index in [4.69, 9.17) is 4.74 Å². The van der Waals surface area contributed by atoms with E-state index in [1.807, 2.05) is 6.92 Å². The standard InChI is InChI=1S/C22H22N4O7/c1-13-3-6-15(7-4-13)21(29)24-25-11-16(9-20(25)28)22(30)33-12-19(27)23-17-8-5-14(2)18(10-17)26(31)32/h3-8,10,16H,9,11-12H2,1-2H3,(H,23,27)(H,24,29)/t16-/m0/s1. The molecule has 1 saturated heterocycles. The van der Waals surface area contributed by atoms with E-state index in [1.54, 1.807) is 31.2 Å². The van der Waals surface area contributed by atoms with Gasteiger partial charge in [0.2, 0.25) is 5.91 Å². The number of rotatable bonds is 7. The zero-order chi connectivity index (χ0) is 24.1. The predicted molar refractivity (Wildman–Crippen MR) is 116 cm³/mol. The third-order valence-corrected chi connectivity index (χ3v) is 5.04. The molecule has 0 aromatic heterocycles. The molecule has 1 aliphatic heterocycles. The number of aryl methyl sites for hydroxylation is 2. The maximum Gasteiger partial charge on any atom is 0.311 e. The van der Waals surface area contributed by atoms with Crippen LogP contribution in [0.1, 0.15) is 27.9 Å². The summed E-state index contributed by atoms with van der Waals surface area (Å²) in [4.78, 5) is 59.3. The van der Waals surface area contributed by atoms with E-state index in [-0.39, 0.29) is 24.3 Å². The summed E-state index contributed by atoms with van der Waals surface area (Å²) >= 11 is 0. The molecular formula is C22H22N4O7. The van der Waals surface area contributed by atoms with Crippen molar-refractivity contribution in [2.24, 2.45) is 5.92 Å². The van der Waals surface area contributed by atoms with Gasteiger partial charge in [0.25, 0.3) is 17.5 Å². The van der Waals surface area contributed by atoms with Gasteiger partial charge in [-0.2, -0.15) is 0 Å². The van der Waals surface area contributed by atoms with E-state index in [1.165, 1.54) is 18.2 Å². The van der Waals surface area contributed by atoms with Crippen LogP contribution in [0.5, 0.6) is 0 Å². The largest absolute Gasteiger partial charge is 0.455 e. The number of hydrogen-bond donors (Lipinski definition) is 2. The number of ether oxygens (including phenoxy) is 1. The van der Waals surface area contributed by atoms with Gasteiger partial charge < -0.3 is 10.1 Å². The van der Waals surface area contributed by atoms with Crippen LogP contribution in [-0.2, 0) is 19.1 Å². The summed E-state index contributed by atoms with van der Waals surface area (Å²) in [5.74, 6) is -3.22. The molecule has 0 spiro atoms. The zero-order valence-corrected chi connectivity index (χ0v) is 18.0. The minimum absolute atomic E-state index is 0.0823. The Bertz CT molecular complexity index is 1110. The second-order valence-corrected chi connectivity index (χ2v) is 7.63. The first-order valence-electron chi connectivity index (χ1n) is 10.0. The highest BCUT2D eigenvalue weighted by Crippen LogP contribution is 2.22. The Morgan fingerprint density at radius 3 is 2.52 bits per heavy atom. The van der Waals surface area contributed by atoms with Gasteiger partial charge in [-0.25, -0.2) is 0 Å². The summed E-state index contributed by atoms with van der Waals surface area (Å²) in [6, 6.07) is 11.0. The normalized spacial score (nSPS) is 15.2. The van der Waals surface area contributed by atoms with E-state index in [0.29, 0.717) is 11.1 Å². The second kappa shape index (κ2) is 9.90. The Morgan fingerprint density at radius 2 is 1.85 bits per heavy atom. The van der Waals surface area contributed by atoms with Crippen LogP contribution in [0.15, 0.2) is 42.5 Å². The molecule has 11 heteroatoms. The molecule has 0 unspecified atom stereocenters. The molecule has 2 N–H and O–H groups in total. The summed E-state index contributed by atoms with van der Waals surface area (Å²) in [5.41, 5.74) is 4.30. The Hall–Kier alpha value is -4.28. The molecule has 3 rings (SSSR count). The maximum absolute atomic E-state index is 12.3. The summed E-state index contributed by atoms with van der Waals surface area (Å²) < 4.78 is 4.98. The van der Waals surface area contributed by atoms with E-state index < -0.39 is 41.1 Å². The van der Waals surface area contributed by atoms with Crippen molar-refractivity contribution in [1.29, 1.82) is 0 Å². The van der Waals surface area contributed by atoms with E-state index >= 15 is 0 Å². The highest BCUT2D eigenvalue weighted by molar-refractivity contribution is 5.97. The van der Waals surface area contributed by atoms with Crippen molar-refractivity contribution >= 4 is 35.1 Å². The molecule has 2 aromatic rings. The molecule has 0 bridgehead atoms. The molecule has 33 heavy (non-hydrogen) atoms. The number of hydrogen-bond acceptors (Lipinski definition) is 7. The van der Waals surface area contributed by atoms with Crippen molar-refractivity contribution < 1.29 is 28.8 Å². The highest BCUT2D eigenvalue weighted by atomic mass is 16.6. The number of amides is 3. The Labute approximate surface area is 188 Å².